The van der Waals surface area contributed by atoms with Crippen LogP contribution in [0.15, 0.2) is 40.2 Å². The molecule has 2 rings (SSSR count). The molecule has 134 valence electrons. The van der Waals surface area contributed by atoms with E-state index in [4.69, 9.17) is 9.84 Å². The number of ether oxygens (including phenoxy) is 1. The summed E-state index contributed by atoms with van der Waals surface area (Å²) in [5.74, 6) is -0.846. The van der Waals surface area contributed by atoms with Crippen LogP contribution in [-0.4, -0.2) is 31.2 Å². The average molecular weight is 366 g/mol. The molecule has 2 N–H and O–H groups in total. The highest BCUT2D eigenvalue weighted by molar-refractivity contribution is 7.92. The average Bonchev–Trinajstić information content (AvgIpc) is 2.54. The number of aromatic nitrogens is 1. The Bertz CT molecular complexity index is 979. The molecule has 8 nitrogen and oxygen atoms in total. The zero-order valence-corrected chi connectivity index (χ0v) is 14.8. The molecule has 0 aliphatic rings. The monoisotopic (exact) mass is 366 g/mol. The van der Waals surface area contributed by atoms with Crippen molar-refractivity contribution in [1.82, 2.24) is 4.57 Å². The molecule has 0 unspecified atom stereocenters. The van der Waals surface area contributed by atoms with E-state index in [9.17, 15) is 18.0 Å². The zero-order chi connectivity index (χ0) is 18.8. The minimum absolute atomic E-state index is 0.0550. The summed E-state index contributed by atoms with van der Waals surface area (Å²) in [5, 5.41) is 8.95. The molecule has 0 amide bonds. The summed E-state index contributed by atoms with van der Waals surface area (Å²) in [4.78, 5) is 22.9. The Morgan fingerprint density at radius 3 is 2.60 bits per heavy atom. The van der Waals surface area contributed by atoms with Crippen molar-refractivity contribution in [1.29, 1.82) is 0 Å². The normalized spacial score (nSPS) is 11.2. The zero-order valence-electron chi connectivity index (χ0n) is 13.9. The molecule has 1 heterocycles. The Hall–Kier alpha value is -2.81. The second-order valence-corrected chi connectivity index (χ2v) is 7.12. The minimum Gasteiger partial charge on any atom is -0.496 e. The van der Waals surface area contributed by atoms with Gasteiger partial charge in [-0.05, 0) is 36.8 Å². The Labute approximate surface area is 144 Å². The summed E-state index contributed by atoms with van der Waals surface area (Å²) in [6.45, 7) is 1.61. The Morgan fingerprint density at radius 1 is 1.32 bits per heavy atom. The fourth-order valence-corrected chi connectivity index (χ4v) is 3.44. The van der Waals surface area contributed by atoms with Crippen LogP contribution >= 0.6 is 0 Å². The fraction of sp³-hybridized carbons (Fsp3) is 0.250. The number of carbonyl (C=O) groups is 1. The van der Waals surface area contributed by atoms with Crippen molar-refractivity contribution in [2.75, 3.05) is 11.8 Å². The number of pyridine rings is 1. The maximum absolute atomic E-state index is 12.6. The highest BCUT2D eigenvalue weighted by atomic mass is 32.2. The summed E-state index contributed by atoms with van der Waals surface area (Å²) in [6.07, 6.45) is 1.15. The van der Waals surface area contributed by atoms with Crippen molar-refractivity contribution in [3.05, 3.63) is 51.9 Å². The standard InChI is InChI=1S/C16H18N2O6S/c1-10-6-7-18(2)16(21)15(10)17-25(22,23)12-4-5-13(24-3)11(8-12)9-14(19)20/h4-8,17H,9H2,1-3H3,(H,19,20). The third-order valence-corrected chi connectivity index (χ3v) is 4.96. The molecule has 9 heteroatoms. The van der Waals surface area contributed by atoms with Crippen LogP contribution in [0.5, 0.6) is 5.75 Å². The third kappa shape index (κ3) is 4.00. The van der Waals surface area contributed by atoms with E-state index in [0.717, 1.165) is 0 Å². The molecule has 0 bridgehead atoms. The number of anilines is 1. The number of hydrogen-bond acceptors (Lipinski definition) is 5. The number of sulfonamides is 1. The SMILES string of the molecule is COc1ccc(S(=O)(=O)Nc2c(C)ccn(C)c2=O)cc1CC(=O)O. The van der Waals surface area contributed by atoms with E-state index in [1.165, 1.54) is 43.1 Å². The summed E-state index contributed by atoms with van der Waals surface area (Å²) in [6, 6.07) is 5.50. The van der Waals surface area contributed by atoms with E-state index >= 15 is 0 Å². The van der Waals surface area contributed by atoms with Crippen molar-refractivity contribution in [3.8, 4) is 5.75 Å². The first-order valence-corrected chi connectivity index (χ1v) is 8.72. The molecular formula is C16H18N2O6S. The number of rotatable bonds is 6. The van der Waals surface area contributed by atoms with E-state index in [1.54, 1.807) is 13.0 Å². The second kappa shape index (κ2) is 6.98. The lowest BCUT2D eigenvalue weighted by molar-refractivity contribution is -0.136. The molecule has 0 aliphatic carbocycles. The van der Waals surface area contributed by atoms with Gasteiger partial charge in [0, 0.05) is 18.8 Å². The van der Waals surface area contributed by atoms with E-state index in [2.05, 4.69) is 4.72 Å². The Kier molecular flexibility index (Phi) is 5.17. The predicted molar refractivity (Wildman–Crippen MR) is 91.6 cm³/mol. The fourth-order valence-electron chi connectivity index (χ4n) is 2.26. The lowest BCUT2D eigenvalue weighted by Gasteiger charge is -2.13. The Morgan fingerprint density at radius 2 is 2.00 bits per heavy atom. The van der Waals surface area contributed by atoms with Crippen LogP contribution in [0.3, 0.4) is 0 Å². The van der Waals surface area contributed by atoms with Crippen LogP contribution < -0.4 is 15.0 Å². The van der Waals surface area contributed by atoms with E-state index < -0.39 is 28.0 Å². The summed E-state index contributed by atoms with van der Waals surface area (Å²) < 4.78 is 33.8. The molecule has 25 heavy (non-hydrogen) atoms. The van der Waals surface area contributed by atoms with Gasteiger partial charge < -0.3 is 14.4 Å². The highest BCUT2D eigenvalue weighted by Gasteiger charge is 2.20. The first-order valence-electron chi connectivity index (χ1n) is 7.23. The number of carboxylic acid groups (broad SMARTS) is 1. The molecule has 0 radical (unpaired) electrons. The molecule has 0 saturated heterocycles. The van der Waals surface area contributed by atoms with Crippen molar-refractivity contribution in [3.63, 3.8) is 0 Å². The lowest BCUT2D eigenvalue weighted by Crippen LogP contribution is -2.25. The maximum Gasteiger partial charge on any atom is 0.307 e. The number of aryl methyl sites for hydroxylation is 2. The number of carboxylic acids is 1. The molecule has 0 spiro atoms. The van der Waals surface area contributed by atoms with Gasteiger partial charge in [-0.2, -0.15) is 0 Å². The smallest absolute Gasteiger partial charge is 0.307 e. The topological polar surface area (TPSA) is 115 Å². The van der Waals surface area contributed by atoms with Crippen molar-refractivity contribution >= 4 is 21.7 Å². The molecule has 2 aromatic rings. The number of nitrogens with one attached hydrogen (secondary N) is 1. The van der Waals surface area contributed by atoms with Gasteiger partial charge in [0.15, 0.2) is 0 Å². The first-order chi connectivity index (χ1) is 11.7. The molecule has 0 atom stereocenters. The minimum atomic E-state index is -4.07. The van der Waals surface area contributed by atoms with Crippen molar-refractivity contribution in [2.45, 2.75) is 18.2 Å². The van der Waals surface area contributed by atoms with E-state index in [1.807, 2.05) is 0 Å². The van der Waals surface area contributed by atoms with Crippen LogP contribution in [0.2, 0.25) is 0 Å². The molecule has 0 fully saturated rings. The summed E-state index contributed by atoms with van der Waals surface area (Å²) in [5.41, 5.74) is 0.157. The Balaban J connectivity index is 2.49. The molecular weight excluding hydrogens is 348 g/mol. The number of methoxy groups -OCH3 is 1. The molecule has 0 aliphatic heterocycles. The second-order valence-electron chi connectivity index (χ2n) is 5.44. The maximum atomic E-state index is 12.6. The molecule has 0 saturated carbocycles. The van der Waals surface area contributed by atoms with Gasteiger partial charge in [0.2, 0.25) is 0 Å². The van der Waals surface area contributed by atoms with Gasteiger partial charge in [-0.1, -0.05) is 0 Å². The van der Waals surface area contributed by atoms with Gasteiger partial charge in [-0.25, -0.2) is 8.42 Å². The van der Waals surface area contributed by atoms with Crippen LogP contribution in [0.25, 0.3) is 0 Å². The van der Waals surface area contributed by atoms with Gasteiger partial charge in [-0.3, -0.25) is 14.3 Å². The number of benzene rings is 1. The van der Waals surface area contributed by atoms with Crippen LogP contribution in [-0.2, 0) is 28.3 Å². The summed E-state index contributed by atoms with van der Waals surface area (Å²) in [7, 11) is -1.19. The summed E-state index contributed by atoms with van der Waals surface area (Å²) >= 11 is 0. The van der Waals surface area contributed by atoms with E-state index in [-0.39, 0.29) is 21.9 Å². The quantitative estimate of drug-likeness (QED) is 0.792. The number of aliphatic carboxylic acids is 1. The van der Waals surface area contributed by atoms with Crippen LogP contribution in [0.4, 0.5) is 5.69 Å². The van der Waals surface area contributed by atoms with Crippen LogP contribution in [0.1, 0.15) is 11.1 Å². The van der Waals surface area contributed by atoms with Crippen LogP contribution in [0, 0.1) is 6.92 Å². The van der Waals surface area contributed by atoms with Gasteiger partial charge in [0.1, 0.15) is 11.4 Å². The first kappa shape index (κ1) is 18.5. The van der Waals surface area contributed by atoms with Gasteiger partial charge in [0.05, 0.1) is 18.4 Å². The van der Waals surface area contributed by atoms with Crippen molar-refractivity contribution in [2.24, 2.45) is 7.05 Å². The van der Waals surface area contributed by atoms with Crippen molar-refractivity contribution < 1.29 is 23.1 Å². The molecule has 1 aromatic carbocycles. The number of nitrogens with zero attached hydrogens (tertiary/aromatic N) is 1. The third-order valence-electron chi connectivity index (χ3n) is 3.62. The predicted octanol–water partition coefficient (Wildman–Crippen LogP) is 1.13. The van der Waals surface area contributed by atoms with E-state index in [0.29, 0.717) is 5.56 Å². The molecule has 1 aromatic heterocycles. The largest absolute Gasteiger partial charge is 0.496 e. The number of hydrogen-bond donors (Lipinski definition) is 2. The van der Waals surface area contributed by atoms with Gasteiger partial charge in [-0.15, -0.1) is 0 Å². The van der Waals surface area contributed by atoms with Gasteiger partial charge >= 0.3 is 5.97 Å². The highest BCUT2D eigenvalue weighted by Crippen LogP contribution is 2.24. The lowest BCUT2D eigenvalue weighted by atomic mass is 10.1. The van der Waals surface area contributed by atoms with Gasteiger partial charge in [0.25, 0.3) is 15.6 Å².